The van der Waals surface area contributed by atoms with E-state index in [0.29, 0.717) is 30.5 Å². The van der Waals surface area contributed by atoms with Gasteiger partial charge >= 0.3 is 6.03 Å². The van der Waals surface area contributed by atoms with Crippen molar-refractivity contribution in [1.29, 1.82) is 0 Å². The largest absolute Gasteiger partial charge is 0.508 e. The molecule has 4 aliphatic rings. The summed E-state index contributed by atoms with van der Waals surface area (Å²) in [6.45, 7) is 0.630. The SMILES string of the molecule is CN1CC[C@]23C[C@]4(CC[C@@]2(O)[C@H]1[C@H](O)c1ccc(O)cc13)NC(=O)NC4=O. The molecule has 0 unspecified atom stereocenters. The highest BCUT2D eigenvalue weighted by Gasteiger charge is 2.70. The number of benzene rings is 1. The zero-order chi connectivity index (χ0) is 19.2. The topological polar surface area (TPSA) is 122 Å². The summed E-state index contributed by atoms with van der Waals surface area (Å²) in [7, 11) is 1.88. The van der Waals surface area contributed by atoms with E-state index in [-0.39, 0.29) is 24.5 Å². The maximum Gasteiger partial charge on any atom is 0.322 e. The Morgan fingerprint density at radius 1 is 1.22 bits per heavy atom. The summed E-state index contributed by atoms with van der Waals surface area (Å²) in [5.74, 6) is -0.318. The summed E-state index contributed by atoms with van der Waals surface area (Å²) in [6, 6.07) is 3.79. The van der Waals surface area contributed by atoms with Gasteiger partial charge in [0, 0.05) is 5.41 Å². The maximum absolute atomic E-state index is 12.6. The predicted octanol–water partition coefficient (Wildman–Crippen LogP) is -0.126. The fourth-order valence-electron chi connectivity index (χ4n) is 6.19. The van der Waals surface area contributed by atoms with Crippen LogP contribution in [0, 0.1) is 0 Å². The number of carbonyl (C=O) groups is 2. The number of amides is 3. The third-order valence-electron chi connectivity index (χ3n) is 7.41. The number of aliphatic hydroxyl groups excluding tert-OH is 1. The summed E-state index contributed by atoms with van der Waals surface area (Å²) >= 11 is 0. The Balaban J connectivity index is 1.75. The molecule has 1 aromatic rings. The highest BCUT2D eigenvalue weighted by molar-refractivity contribution is 6.07. The molecule has 8 nitrogen and oxygen atoms in total. The number of aliphatic hydroxyl groups is 2. The van der Waals surface area contributed by atoms with Gasteiger partial charge in [-0.15, -0.1) is 0 Å². The third-order valence-corrected chi connectivity index (χ3v) is 7.41. The van der Waals surface area contributed by atoms with Crippen molar-refractivity contribution in [2.75, 3.05) is 13.6 Å². The normalized spacial score (nSPS) is 43.1. The fraction of sp³-hybridized carbons (Fsp3) is 0.579. The van der Waals surface area contributed by atoms with E-state index >= 15 is 0 Å². The van der Waals surface area contributed by atoms with E-state index in [2.05, 4.69) is 10.6 Å². The van der Waals surface area contributed by atoms with Crippen molar-refractivity contribution in [1.82, 2.24) is 15.5 Å². The molecule has 8 heteroatoms. The zero-order valence-corrected chi connectivity index (χ0v) is 15.0. The van der Waals surface area contributed by atoms with Gasteiger partial charge < -0.3 is 20.6 Å². The van der Waals surface area contributed by atoms with Gasteiger partial charge in [-0.3, -0.25) is 15.0 Å². The molecule has 1 aromatic carbocycles. The van der Waals surface area contributed by atoms with Gasteiger partial charge in [-0.05, 0) is 62.5 Å². The van der Waals surface area contributed by atoms with Crippen molar-refractivity contribution in [3.8, 4) is 5.75 Å². The summed E-state index contributed by atoms with van der Waals surface area (Å²) in [5.41, 5.74) is -1.84. The van der Waals surface area contributed by atoms with Crippen LogP contribution in [0.4, 0.5) is 4.79 Å². The van der Waals surface area contributed by atoms with Crippen LogP contribution in [-0.4, -0.2) is 62.9 Å². The van der Waals surface area contributed by atoms with Crippen LogP contribution in [0.25, 0.3) is 0 Å². The monoisotopic (exact) mass is 373 g/mol. The number of carbonyl (C=O) groups excluding carboxylic acids is 2. The molecule has 3 fully saturated rings. The molecule has 0 aromatic heterocycles. The molecule has 27 heavy (non-hydrogen) atoms. The molecule has 2 aliphatic heterocycles. The molecule has 5 N–H and O–H groups in total. The number of hydrogen-bond donors (Lipinski definition) is 5. The number of urea groups is 1. The van der Waals surface area contributed by atoms with E-state index in [1.807, 2.05) is 11.9 Å². The molecule has 2 saturated heterocycles. The van der Waals surface area contributed by atoms with Crippen LogP contribution in [0.15, 0.2) is 18.2 Å². The lowest BCUT2D eigenvalue weighted by atomic mass is 9.46. The molecule has 5 atom stereocenters. The van der Waals surface area contributed by atoms with Crippen LogP contribution < -0.4 is 10.6 Å². The number of nitrogens with zero attached hydrogens (tertiary/aromatic N) is 1. The third kappa shape index (κ3) is 1.88. The van der Waals surface area contributed by atoms with E-state index in [1.165, 1.54) is 6.07 Å². The van der Waals surface area contributed by atoms with Crippen molar-refractivity contribution in [3.63, 3.8) is 0 Å². The molecular weight excluding hydrogens is 350 g/mol. The smallest absolute Gasteiger partial charge is 0.322 e. The lowest BCUT2D eigenvalue weighted by Crippen LogP contribution is -2.76. The molecule has 0 radical (unpaired) electrons. The van der Waals surface area contributed by atoms with Gasteiger partial charge in [0.25, 0.3) is 5.91 Å². The van der Waals surface area contributed by atoms with Crippen molar-refractivity contribution in [3.05, 3.63) is 29.3 Å². The predicted molar refractivity (Wildman–Crippen MR) is 94.0 cm³/mol. The van der Waals surface area contributed by atoms with E-state index in [0.717, 1.165) is 0 Å². The van der Waals surface area contributed by atoms with Crippen LogP contribution in [0.2, 0.25) is 0 Å². The number of hydrogen-bond acceptors (Lipinski definition) is 6. The quantitative estimate of drug-likeness (QED) is 0.404. The zero-order valence-electron chi connectivity index (χ0n) is 15.0. The lowest BCUT2D eigenvalue weighted by Gasteiger charge is -2.66. The van der Waals surface area contributed by atoms with Gasteiger partial charge in [0.2, 0.25) is 0 Å². The summed E-state index contributed by atoms with van der Waals surface area (Å²) in [6.07, 6.45) is 0.465. The summed E-state index contributed by atoms with van der Waals surface area (Å²) in [5, 5.41) is 38.2. The van der Waals surface area contributed by atoms with Crippen molar-refractivity contribution >= 4 is 11.9 Å². The standard InChI is InChI=1S/C19H23N3O5/c1-22-7-6-17-9-18(15(25)20-16(26)21-18)4-5-19(17,27)14(22)13(24)11-3-2-10(23)8-12(11)17/h2-3,8,13-14,23-24,27H,4-7,9H2,1H3,(H2,20,21,25,26)/t13-,14-,17-,18+,19-/m1/s1. The molecule has 3 amide bonds. The number of piperidine rings is 1. The number of nitrogens with one attached hydrogen (secondary N) is 2. The number of rotatable bonds is 0. The first-order valence-electron chi connectivity index (χ1n) is 9.30. The minimum atomic E-state index is -1.26. The van der Waals surface area contributed by atoms with Gasteiger partial charge in [0.15, 0.2) is 0 Å². The van der Waals surface area contributed by atoms with E-state index in [1.54, 1.807) is 12.1 Å². The molecule has 144 valence electrons. The van der Waals surface area contributed by atoms with Gasteiger partial charge in [-0.2, -0.15) is 0 Å². The number of likely N-dealkylation sites (N-methyl/N-ethyl adjacent to an activating group) is 1. The summed E-state index contributed by atoms with van der Waals surface area (Å²) < 4.78 is 0. The highest BCUT2D eigenvalue weighted by atomic mass is 16.3. The van der Waals surface area contributed by atoms with Crippen LogP contribution in [0.5, 0.6) is 5.75 Å². The number of phenols is 1. The molecule has 1 spiro atoms. The van der Waals surface area contributed by atoms with Gasteiger partial charge in [-0.1, -0.05) is 6.07 Å². The Morgan fingerprint density at radius 3 is 2.70 bits per heavy atom. The Kier molecular flexibility index (Phi) is 3.15. The van der Waals surface area contributed by atoms with Crippen LogP contribution in [0.3, 0.4) is 0 Å². The first-order chi connectivity index (χ1) is 12.7. The van der Waals surface area contributed by atoms with Gasteiger partial charge in [0.05, 0.1) is 17.7 Å². The first kappa shape index (κ1) is 17.0. The van der Waals surface area contributed by atoms with E-state index < -0.39 is 34.7 Å². The average Bonchev–Trinajstić information content (AvgIpc) is 2.88. The van der Waals surface area contributed by atoms with Gasteiger partial charge in [0.1, 0.15) is 11.3 Å². The van der Waals surface area contributed by atoms with Crippen LogP contribution in [-0.2, 0) is 10.2 Å². The molecule has 2 bridgehead atoms. The Bertz CT molecular complexity index is 875. The van der Waals surface area contributed by atoms with Gasteiger partial charge in [-0.25, -0.2) is 4.79 Å². The van der Waals surface area contributed by atoms with Crippen LogP contribution in [0.1, 0.15) is 42.9 Å². The summed E-state index contributed by atoms with van der Waals surface area (Å²) in [4.78, 5) is 26.4. The number of imide groups is 1. The molecular formula is C19H23N3O5. The van der Waals surface area contributed by atoms with Crippen molar-refractivity contribution < 1.29 is 24.9 Å². The Labute approximate surface area is 156 Å². The van der Waals surface area contributed by atoms with Crippen LogP contribution >= 0.6 is 0 Å². The fourth-order valence-corrected chi connectivity index (χ4v) is 6.19. The van der Waals surface area contributed by atoms with Crippen molar-refractivity contribution in [2.45, 2.75) is 54.4 Å². The second-order valence-electron chi connectivity index (χ2n) is 8.57. The van der Waals surface area contributed by atoms with E-state index in [9.17, 15) is 24.9 Å². The minimum Gasteiger partial charge on any atom is -0.508 e. The number of aromatic hydroxyl groups is 1. The first-order valence-corrected chi connectivity index (χ1v) is 9.30. The molecule has 2 aliphatic carbocycles. The molecule has 2 heterocycles. The lowest BCUT2D eigenvalue weighted by molar-refractivity contribution is -0.202. The molecule has 5 rings (SSSR count). The number of likely N-dealkylation sites (tertiary alicyclic amines) is 1. The number of phenolic OH excluding ortho intramolecular Hbond substituents is 1. The molecule has 1 saturated carbocycles. The Hall–Kier alpha value is -2.16. The van der Waals surface area contributed by atoms with Crippen molar-refractivity contribution in [2.24, 2.45) is 0 Å². The second-order valence-corrected chi connectivity index (χ2v) is 8.57. The van der Waals surface area contributed by atoms with E-state index in [4.69, 9.17) is 0 Å². The average molecular weight is 373 g/mol. The highest BCUT2D eigenvalue weighted by Crippen LogP contribution is 2.62. The minimum absolute atomic E-state index is 0.0505. The maximum atomic E-state index is 12.6. The second kappa shape index (κ2) is 5.01. The number of fused-ring (bicyclic) bond motifs is 1. The Morgan fingerprint density at radius 2 is 2.00 bits per heavy atom.